The minimum absolute atomic E-state index is 0.107. The Labute approximate surface area is 124 Å². The molecule has 21 heavy (non-hydrogen) atoms. The summed E-state index contributed by atoms with van der Waals surface area (Å²) in [5, 5.41) is 14.5. The molecule has 0 aromatic heterocycles. The lowest BCUT2D eigenvalue weighted by atomic mass is 10.0. The summed E-state index contributed by atoms with van der Waals surface area (Å²) in [5.74, 6) is -0.240. The summed E-state index contributed by atoms with van der Waals surface area (Å²) in [4.78, 5) is 25.3. The van der Waals surface area contributed by atoms with Crippen LogP contribution in [0, 0.1) is 17.0 Å². The van der Waals surface area contributed by atoms with Gasteiger partial charge in [0.25, 0.3) is 11.6 Å². The van der Waals surface area contributed by atoms with E-state index in [-0.39, 0.29) is 23.2 Å². The number of carbonyl (C=O) groups excluding carboxylic acids is 1. The maximum absolute atomic E-state index is 12.8. The van der Waals surface area contributed by atoms with Crippen LogP contribution in [0.25, 0.3) is 0 Å². The highest BCUT2D eigenvalue weighted by molar-refractivity contribution is 5.99. The van der Waals surface area contributed by atoms with Crippen LogP contribution in [0.5, 0.6) is 0 Å². The smallest absolute Gasteiger partial charge is 0.282 e. The molecule has 1 saturated heterocycles. The number of piperidine rings is 1. The van der Waals surface area contributed by atoms with Crippen LogP contribution in [0.1, 0.15) is 35.7 Å². The van der Waals surface area contributed by atoms with Gasteiger partial charge >= 0.3 is 0 Å². The standard InChI is InChI=1S/C15H21N3O3/c1-3-17(12-7-5-9-16-10-12)15(19)14-11(2)6-4-8-13(14)18(20)21/h4,6,8,12,16H,3,5,7,9-10H2,1-2H3. The second-order valence-corrected chi connectivity index (χ2v) is 5.32. The van der Waals surface area contributed by atoms with Gasteiger partial charge in [-0.25, -0.2) is 0 Å². The molecule has 2 rings (SSSR count). The molecule has 0 spiro atoms. The normalized spacial score (nSPS) is 18.3. The van der Waals surface area contributed by atoms with Crippen LogP contribution in [0.15, 0.2) is 18.2 Å². The molecule has 1 unspecified atom stereocenters. The molecule has 6 nitrogen and oxygen atoms in total. The fourth-order valence-electron chi connectivity index (χ4n) is 2.89. The molecule has 1 aromatic rings. The molecule has 0 aliphatic carbocycles. The number of benzene rings is 1. The van der Waals surface area contributed by atoms with Crippen molar-refractivity contribution in [3.05, 3.63) is 39.4 Å². The second-order valence-electron chi connectivity index (χ2n) is 5.32. The first-order valence-corrected chi connectivity index (χ1v) is 7.32. The van der Waals surface area contributed by atoms with E-state index in [1.54, 1.807) is 24.0 Å². The molecule has 114 valence electrons. The Morgan fingerprint density at radius 3 is 2.86 bits per heavy atom. The van der Waals surface area contributed by atoms with Crippen LogP contribution >= 0.6 is 0 Å². The second kappa shape index (κ2) is 6.67. The first-order valence-electron chi connectivity index (χ1n) is 7.32. The Morgan fingerprint density at radius 2 is 2.29 bits per heavy atom. The molecular formula is C15H21N3O3. The zero-order valence-electron chi connectivity index (χ0n) is 12.5. The third kappa shape index (κ3) is 3.21. The van der Waals surface area contributed by atoms with Gasteiger partial charge in [0.15, 0.2) is 0 Å². The van der Waals surface area contributed by atoms with Crippen molar-refractivity contribution in [3.63, 3.8) is 0 Å². The van der Waals surface area contributed by atoms with Crippen molar-refractivity contribution >= 4 is 11.6 Å². The third-order valence-corrected chi connectivity index (χ3v) is 3.97. The minimum atomic E-state index is -0.479. The first-order chi connectivity index (χ1) is 10.1. The monoisotopic (exact) mass is 291 g/mol. The average Bonchev–Trinajstić information content (AvgIpc) is 2.48. The highest BCUT2D eigenvalue weighted by Crippen LogP contribution is 2.25. The Morgan fingerprint density at radius 1 is 1.52 bits per heavy atom. The maximum Gasteiger partial charge on any atom is 0.282 e. The van der Waals surface area contributed by atoms with E-state index >= 15 is 0 Å². The van der Waals surface area contributed by atoms with Crippen molar-refractivity contribution in [2.45, 2.75) is 32.7 Å². The zero-order chi connectivity index (χ0) is 15.4. The van der Waals surface area contributed by atoms with E-state index in [0.717, 1.165) is 25.9 Å². The highest BCUT2D eigenvalue weighted by Gasteiger charge is 2.30. The zero-order valence-corrected chi connectivity index (χ0v) is 12.5. The highest BCUT2D eigenvalue weighted by atomic mass is 16.6. The molecule has 1 N–H and O–H groups in total. The van der Waals surface area contributed by atoms with E-state index in [1.807, 2.05) is 6.92 Å². The van der Waals surface area contributed by atoms with Gasteiger partial charge in [-0.1, -0.05) is 12.1 Å². The van der Waals surface area contributed by atoms with Gasteiger partial charge in [-0.05, 0) is 38.8 Å². The summed E-state index contributed by atoms with van der Waals surface area (Å²) in [6.07, 6.45) is 1.95. The largest absolute Gasteiger partial charge is 0.334 e. The number of aryl methyl sites for hydroxylation is 1. The molecule has 1 aliphatic heterocycles. The summed E-state index contributed by atoms with van der Waals surface area (Å²) in [6, 6.07) is 4.86. The van der Waals surface area contributed by atoms with Crippen LogP contribution in [0.2, 0.25) is 0 Å². The van der Waals surface area contributed by atoms with E-state index in [9.17, 15) is 14.9 Å². The Hall–Kier alpha value is -1.95. The summed E-state index contributed by atoms with van der Waals surface area (Å²) >= 11 is 0. The first kappa shape index (κ1) is 15.4. The van der Waals surface area contributed by atoms with E-state index in [2.05, 4.69) is 5.32 Å². The topological polar surface area (TPSA) is 75.5 Å². The van der Waals surface area contributed by atoms with Gasteiger partial charge in [0.2, 0.25) is 0 Å². The number of rotatable bonds is 4. The van der Waals surface area contributed by atoms with Gasteiger partial charge in [0.05, 0.1) is 4.92 Å². The number of likely N-dealkylation sites (N-methyl/N-ethyl adjacent to an activating group) is 1. The Kier molecular flexibility index (Phi) is 4.90. The minimum Gasteiger partial charge on any atom is -0.334 e. The number of nitro groups is 1. The molecule has 0 saturated carbocycles. The van der Waals surface area contributed by atoms with E-state index in [4.69, 9.17) is 0 Å². The van der Waals surface area contributed by atoms with Gasteiger partial charge in [-0.2, -0.15) is 0 Å². The van der Waals surface area contributed by atoms with Crippen LogP contribution in [0.4, 0.5) is 5.69 Å². The molecule has 1 fully saturated rings. The number of amides is 1. The number of hydrogen-bond acceptors (Lipinski definition) is 4. The average molecular weight is 291 g/mol. The van der Waals surface area contributed by atoms with Gasteiger partial charge in [-0.3, -0.25) is 14.9 Å². The van der Waals surface area contributed by atoms with Crippen LogP contribution in [0.3, 0.4) is 0 Å². The summed E-state index contributed by atoms with van der Waals surface area (Å²) < 4.78 is 0. The molecule has 1 heterocycles. The third-order valence-electron chi connectivity index (χ3n) is 3.97. The molecule has 0 bridgehead atoms. The molecular weight excluding hydrogens is 270 g/mol. The van der Waals surface area contributed by atoms with E-state index in [0.29, 0.717) is 12.1 Å². The number of nitrogens with one attached hydrogen (secondary N) is 1. The fraction of sp³-hybridized carbons (Fsp3) is 0.533. The van der Waals surface area contributed by atoms with Crippen molar-refractivity contribution in [2.75, 3.05) is 19.6 Å². The van der Waals surface area contributed by atoms with Crippen molar-refractivity contribution in [3.8, 4) is 0 Å². The number of nitro benzene ring substituents is 1. The van der Waals surface area contributed by atoms with Gasteiger partial charge < -0.3 is 10.2 Å². The number of nitrogens with zero attached hydrogens (tertiary/aromatic N) is 2. The fourth-order valence-corrected chi connectivity index (χ4v) is 2.89. The molecule has 1 amide bonds. The SMILES string of the molecule is CCN(C(=O)c1c(C)cccc1[N+](=O)[O-])C1CCCNC1. The number of hydrogen-bond donors (Lipinski definition) is 1. The molecule has 1 atom stereocenters. The molecule has 1 aromatic carbocycles. The van der Waals surface area contributed by atoms with Crippen molar-refractivity contribution in [1.29, 1.82) is 0 Å². The number of carbonyl (C=O) groups is 1. The summed E-state index contributed by atoms with van der Waals surface area (Å²) in [5.41, 5.74) is 0.758. The van der Waals surface area contributed by atoms with Crippen LogP contribution in [-0.4, -0.2) is 41.4 Å². The maximum atomic E-state index is 12.8. The molecule has 1 aliphatic rings. The van der Waals surface area contributed by atoms with Gasteiger partial charge in [0.1, 0.15) is 5.56 Å². The van der Waals surface area contributed by atoms with Crippen molar-refractivity contribution in [2.24, 2.45) is 0 Å². The Balaban J connectivity index is 2.35. The Bertz CT molecular complexity index is 539. The lowest BCUT2D eigenvalue weighted by molar-refractivity contribution is -0.385. The lowest BCUT2D eigenvalue weighted by Crippen LogP contribution is -2.48. The van der Waals surface area contributed by atoms with Gasteiger partial charge in [-0.15, -0.1) is 0 Å². The summed E-state index contributed by atoms with van der Waals surface area (Å²) in [7, 11) is 0. The van der Waals surface area contributed by atoms with Gasteiger partial charge in [0, 0.05) is 25.2 Å². The predicted octanol–water partition coefficient (Wildman–Crippen LogP) is 2.12. The van der Waals surface area contributed by atoms with E-state index in [1.165, 1.54) is 6.07 Å². The van der Waals surface area contributed by atoms with Crippen molar-refractivity contribution in [1.82, 2.24) is 10.2 Å². The predicted molar refractivity (Wildman–Crippen MR) is 80.4 cm³/mol. The lowest BCUT2D eigenvalue weighted by Gasteiger charge is -2.34. The van der Waals surface area contributed by atoms with Crippen LogP contribution < -0.4 is 5.32 Å². The summed E-state index contributed by atoms with van der Waals surface area (Å²) in [6.45, 7) is 5.92. The molecule has 6 heteroatoms. The quantitative estimate of drug-likeness (QED) is 0.681. The van der Waals surface area contributed by atoms with Crippen molar-refractivity contribution < 1.29 is 9.72 Å². The van der Waals surface area contributed by atoms with Crippen LogP contribution in [-0.2, 0) is 0 Å². The molecule has 0 radical (unpaired) electrons. The van der Waals surface area contributed by atoms with E-state index < -0.39 is 4.92 Å².